The predicted molar refractivity (Wildman–Crippen MR) is 64.8 cm³/mol. The molecule has 0 saturated heterocycles. The molecular formula is C13H12N2O2. The van der Waals surface area contributed by atoms with Gasteiger partial charge in [0.15, 0.2) is 0 Å². The molecule has 4 heteroatoms. The minimum absolute atomic E-state index is 0.503. The van der Waals surface area contributed by atoms with Gasteiger partial charge in [-0.1, -0.05) is 23.1 Å². The van der Waals surface area contributed by atoms with Crippen molar-refractivity contribution < 1.29 is 9.60 Å². The van der Waals surface area contributed by atoms with E-state index < -0.39 is 0 Å². The van der Waals surface area contributed by atoms with E-state index in [1.54, 1.807) is 55.6 Å². The number of rotatable bonds is 3. The van der Waals surface area contributed by atoms with Crippen LogP contribution in [0.5, 0.6) is 5.75 Å². The maximum atomic E-state index is 11.7. The minimum Gasteiger partial charge on any atom is -0.594 e. The van der Waals surface area contributed by atoms with Crippen LogP contribution in [-0.2, 0) is 0 Å². The highest BCUT2D eigenvalue weighted by Crippen LogP contribution is 2.20. The minimum atomic E-state index is 0.503. The summed E-state index contributed by atoms with van der Waals surface area (Å²) in [7, 11) is 1.59. The third-order valence-electron chi connectivity index (χ3n) is 2.26. The highest BCUT2D eigenvalue weighted by atomic mass is 16.5. The molecule has 0 aliphatic carbocycles. The summed E-state index contributed by atoms with van der Waals surface area (Å²) in [6, 6.07) is 15.8. The van der Waals surface area contributed by atoms with Gasteiger partial charge in [0.2, 0.25) is 5.69 Å². The highest BCUT2D eigenvalue weighted by Gasteiger charge is 2.02. The van der Waals surface area contributed by atoms with Crippen molar-refractivity contribution in [2.75, 3.05) is 7.11 Å². The first-order chi connectivity index (χ1) is 8.29. The number of methoxy groups -OCH3 is 1. The van der Waals surface area contributed by atoms with Gasteiger partial charge >= 0.3 is 0 Å². The number of hydrogen-bond acceptors (Lipinski definition) is 3. The van der Waals surface area contributed by atoms with Crippen molar-refractivity contribution in [3.8, 4) is 5.75 Å². The summed E-state index contributed by atoms with van der Waals surface area (Å²) >= 11 is 0. The topological polar surface area (TPSA) is 47.7 Å². The number of benzene rings is 2. The molecule has 2 aromatic rings. The third-order valence-corrected chi connectivity index (χ3v) is 2.26. The fourth-order valence-electron chi connectivity index (χ4n) is 1.37. The molecule has 0 fully saturated rings. The molecule has 4 nitrogen and oxygen atoms in total. The lowest BCUT2D eigenvalue weighted by Crippen LogP contribution is -1.89. The Balaban J connectivity index is 2.23. The van der Waals surface area contributed by atoms with Gasteiger partial charge in [0.1, 0.15) is 11.4 Å². The second-order valence-electron chi connectivity index (χ2n) is 3.41. The fourth-order valence-corrected chi connectivity index (χ4v) is 1.37. The maximum absolute atomic E-state index is 11.7. The summed E-state index contributed by atoms with van der Waals surface area (Å²) in [6.07, 6.45) is 0. The number of ether oxygens (including phenoxy) is 1. The zero-order chi connectivity index (χ0) is 12.1. The number of para-hydroxylation sites is 1. The van der Waals surface area contributed by atoms with E-state index in [1.807, 2.05) is 6.07 Å². The predicted octanol–water partition coefficient (Wildman–Crippen LogP) is 3.62. The van der Waals surface area contributed by atoms with Crippen LogP contribution in [0.4, 0.5) is 11.4 Å². The summed E-state index contributed by atoms with van der Waals surface area (Å²) in [6.45, 7) is 0. The van der Waals surface area contributed by atoms with Crippen LogP contribution in [0.15, 0.2) is 59.7 Å². The second kappa shape index (κ2) is 5.12. The quantitative estimate of drug-likeness (QED) is 0.457. The molecule has 0 radical (unpaired) electrons. The molecule has 17 heavy (non-hydrogen) atoms. The molecule has 0 unspecified atom stereocenters. The average Bonchev–Trinajstić information content (AvgIpc) is 2.40. The van der Waals surface area contributed by atoms with E-state index in [-0.39, 0.29) is 0 Å². The fraction of sp³-hybridized carbons (Fsp3) is 0.0769. The van der Waals surface area contributed by atoms with Crippen molar-refractivity contribution in [2.45, 2.75) is 0 Å². The molecule has 2 rings (SSSR count). The first-order valence-electron chi connectivity index (χ1n) is 5.17. The Morgan fingerprint density at radius 1 is 1.00 bits per heavy atom. The normalized spacial score (nSPS) is 11.2. The Hall–Kier alpha value is -2.36. The van der Waals surface area contributed by atoms with Crippen LogP contribution in [0.3, 0.4) is 0 Å². The Kier molecular flexibility index (Phi) is 3.35. The number of azo groups is 1. The molecule has 0 spiro atoms. The van der Waals surface area contributed by atoms with E-state index in [0.29, 0.717) is 16.2 Å². The average molecular weight is 228 g/mol. The van der Waals surface area contributed by atoms with Gasteiger partial charge in [-0.05, 0) is 24.3 Å². The smallest absolute Gasteiger partial charge is 0.244 e. The summed E-state index contributed by atoms with van der Waals surface area (Å²) < 4.78 is 5.03. The van der Waals surface area contributed by atoms with Crippen LogP contribution < -0.4 is 4.74 Å². The molecule has 0 aromatic heterocycles. The van der Waals surface area contributed by atoms with Gasteiger partial charge in [0.05, 0.1) is 7.11 Å². The Morgan fingerprint density at radius 2 is 1.65 bits per heavy atom. The van der Waals surface area contributed by atoms with Gasteiger partial charge in [-0.25, -0.2) is 0 Å². The van der Waals surface area contributed by atoms with Gasteiger partial charge < -0.3 is 9.94 Å². The van der Waals surface area contributed by atoms with E-state index in [1.165, 1.54) is 0 Å². The van der Waals surface area contributed by atoms with Gasteiger partial charge in [0.25, 0.3) is 0 Å². The zero-order valence-electron chi connectivity index (χ0n) is 9.41. The summed E-state index contributed by atoms with van der Waals surface area (Å²) in [5.74, 6) is 0.737. The standard InChI is InChI=1S/C13H12N2O2/c1-17-13-9-7-11(8-10-13)14-15(16)12-5-3-2-4-6-12/h2-10H,1H3. The van der Waals surface area contributed by atoms with Crippen molar-refractivity contribution in [1.82, 2.24) is 0 Å². The van der Waals surface area contributed by atoms with Crippen molar-refractivity contribution in [3.63, 3.8) is 0 Å². The molecule has 0 amide bonds. The zero-order valence-corrected chi connectivity index (χ0v) is 9.41. The van der Waals surface area contributed by atoms with Crippen molar-refractivity contribution >= 4 is 11.4 Å². The second-order valence-corrected chi connectivity index (χ2v) is 3.41. The van der Waals surface area contributed by atoms with Crippen molar-refractivity contribution in [3.05, 3.63) is 59.8 Å². The first-order valence-corrected chi connectivity index (χ1v) is 5.17. The Labute approximate surface area is 99.4 Å². The first kappa shape index (κ1) is 11.1. The molecule has 0 bridgehead atoms. The van der Waals surface area contributed by atoms with Gasteiger partial charge in [-0.15, -0.1) is 0 Å². The summed E-state index contributed by atoms with van der Waals surface area (Å²) in [4.78, 5) is 0.599. The number of nitrogens with zero attached hydrogens (tertiary/aromatic N) is 2. The van der Waals surface area contributed by atoms with E-state index in [2.05, 4.69) is 5.11 Å². The molecular weight excluding hydrogens is 216 g/mol. The van der Waals surface area contributed by atoms with Crippen LogP contribution in [0.2, 0.25) is 0 Å². The highest BCUT2D eigenvalue weighted by molar-refractivity contribution is 5.40. The van der Waals surface area contributed by atoms with E-state index >= 15 is 0 Å². The molecule has 0 aliphatic rings. The molecule has 86 valence electrons. The maximum Gasteiger partial charge on any atom is 0.244 e. The van der Waals surface area contributed by atoms with Gasteiger partial charge in [-0.3, -0.25) is 0 Å². The number of hydrogen-bond donors (Lipinski definition) is 0. The van der Waals surface area contributed by atoms with Crippen LogP contribution >= 0.6 is 0 Å². The molecule has 0 heterocycles. The monoisotopic (exact) mass is 228 g/mol. The van der Waals surface area contributed by atoms with Crippen molar-refractivity contribution in [2.24, 2.45) is 5.11 Å². The van der Waals surface area contributed by atoms with Crippen LogP contribution in [-0.4, -0.2) is 12.0 Å². The van der Waals surface area contributed by atoms with E-state index in [9.17, 15) is 5.21 Å². The van der Waals surface area contributed by atoms with Crippen LogP contribution in [0.1, 0.15) is 0 Å². The Morgan fingerprint density at radius 3 is 2.24 bits per heavy atom. The van der Waals surface area contributed by atoms with E-state index in [0.717, 1.165) is 5.75 Å². The van der Waals surface area contributed by atoms with E-state index in [4.69, 9.17) is 4.74 Å². The Bertz CT molecular complexity index is 507. The summed E-state index contributed by atoms with van der Waals surface area (Å²) in [5, 5.41) is 15.6. The largest absolute Gasteiger partial charge is 0.594 e. The molecule has 2 aromatic carbocycles. The van der Waals surface area contributed by atoms with Crippen LogP contribution in [0, 0.1) is 5.21 Å². The third kappa shape index (κ3) is 2.81. The lowest BCUT2D eigenvalue weighted by molar-refractivity contribution is -0.435. The molecule has 0 atom stereocenters. The summed E-state index contributed by atoms with van der Waals surface area (Å²) in [5.41, 5.74) is 1.09. The van der Waals surface area contributed by atoms with Crippen LogP contribution in [0.25, 0.3) is 0 Å². The molecule has 0 aliphatic heterocycles. The van der Waals surface area contributed by atoms with Crippen molar-refractivity contribution in [1.29, 1.82) is 0 Å². The SMILES string of the molecule is COc1ccc(N=[N+]([O-])c2ccccc2)cc1. The molecule has 0 saturated carbocycles. The van der Waals surface area contributed by atoms with Gasteiger partial charge in [0, 0.05) is 17.2 Å². The lowest BCUT2D eigenvalue weighted by Gasteiger charge is -2.00. The molecule has 0 N–H and O–H groups in total. The lowest BCUT2D eigenvalue weighted by atomic mass is 10.3. The van der Waals surface area contributed by atoms with Gasteiger partial charge in [-0.2, -0.15) is 0 Å².